The van der Waals surface area contributed by atoms with Crippen molar-refractivity contribution in [3.05, 3.63) is 21.9 Å². The zero-order valence-electron chi connectivity index (χ0n) is 9.33. The Morgan fingerprint density at radius 2 is 2.35 bits per heavy atom. The molecular formula is C10H11N5O2. The monoisotopic (exact) mass is 233 g/mol. The molecule has 0 aliphatic carbocycles. The summed E-state index contributed by atoms with van der Waals surface area (Å²) in [5, 5.41) is 31.6. The van der Waals surface area contributed by atoms with Gasteiger partial charge in [0.05, 0.1) is 41.5 Å². The molecule has 88 valence electrons. The number of aromatic nitrogens is 2. The zero-order valence-corrected chi connectivity index (χ0v) is 9.33. The lowest BCUT2D eigenvalue weighted by Gasteiger charge is -2.04. The second-order valence-electron chi connectivity index (χ2n) is 3.61. The van der Waals surface area contributed by atoms with Gasteiger partial charge in [-0.3, -0.25) is 0 Å². The van der Waals surface area contributed by atoms with E-state index in [1.165, 1.54) is 10.7 Å². The van der Waals surface area contributed by atoms with Crippen molar-refractivity contribution >= 4 is 5.82 Å². The van der Waals surface area contributed by atoms with Crippen LogP contribution in [0.4, 0.5) is 5.82 Å². The summed E-state index contributed by atoms with van der Waals surface area (Å²) in [5.74, 6) is -0.577. The van der Waals surface area contributed by atoms with Gasteiger partial charge in [0.15, 0.2) is 0 Å². The van der Waals surface area contributed by atoms with Crippen LogP contribution < -0.4 is 0 Å². The molecule has 17 heavy (non-hydrogen) atoms. The number of hydrogen-bond donors (Lipinski definition) is 0. The summed E-state index contributed by atoms with van der Waals surface area (Å²) in [6.45, 7) is 1.97. The fourth-order valence-corrected chi connectivity index (χ4v) is 1.41. The quantitative estimate of drug-likeness (QED) is 0.566. The summed E-state index contributed by atoms with van der Waals surface area (Å²) in [4.78, 5) is 9.95. The van der Waals surface area contributed by atoms with Crippen molar-refractivity contribution in [3.8, 4) is 12.1 Å². The van der Waals surface area contributed by atoms with Crippen LogP contribution in [0.3, 0.4) is 0 Å². The standard InChI is InChI=1S/C10H11N5O2/c1-8-5-10(15(16)17)13-14(8)7-9(6-12)3-2-4-11/h5,9H,2-3,7H2,1H3/t9-/m1/s1. The van der Waals surface area contributed by atoms with Gasteiger partial charge in [-0.2, -0.15) is 15.2 Å². The molecule has 0 saturated heterocycles. The minimum absolute atomic E-state index is 0.223. The van der Waals surface area contributed by atoms with Gasteiger partial charge in [0.25, 0.3) is 0 Å². The predicted molar refractivity (Wildman–Crippen MR) is 57.6 cm³/mol. The van der Waals surface area contributed by atoms with Crippen LogP contribution >= 0.6 is 0 Å². The van der Waals surface area contributed by atoms with Crippen molar-refractivity contribution in [2.75, 3.05) is 0 Å². The number of rotatable bonds is 5. The molecule has 0 saturated carbocycles. The average molecular weight is 233 g/mol. The van der Waals surface area contributed by atoms with Gasteiger partial charge in [-0.25, -0.2) is 0 Å². The van der Waals surface area contributed by atoms with Crippen LogP contribution in [0.2, 0.25) is 0 Å². The Balaban J connectivity index is 2.77. The maximum atomic E-state index is 10.5. The zero-order chi connectivity index (χ0) is 12.8. The SMILES string of the molecule is Cc1cc([N+](=O)[O-])nn1C[C@@H](C#N)CCC#N. The molecule has 0 aliphatic heterocycles. The Hall–Kier alpha value is -2.41. The van der Waals surface area contributed by atoms with E-state index in [1.807, 2.05) is 6.07 Å². The topological polar surface area (TPSA) is 109 Å². The Morgan fingerprint density at radius 1 is 1.65 bits per heavy atom. The van der Waals surface area contributed by atoms with Gasteiger partial charge >= 0.3 is 5.82 Å². The second-order valence-corrected chi connectivity index (χ2v) is 3.61. The average Bonchev–Trinajstić information content (AvgIpc) is 2.66. The number of hydrogen-bond acceptors (Lipinski definition) is 5. The molecule has 7 heteroatoms. The van der Waals surface area contributed by atoms with Gasteiger partial charge in [-0.15, -0.1) is 0 Å². The van der Waals surface area contributed by atoms with Crippen molar-refractivity contribution < 1.29 is 4.92 Å². The van der Waals surface area contributed by atoms with Crippen molar-refractivity contribution in [2.45, 2.75) is 26.3 Å². The van der Waals surface area contributed by atoms with Crippen molar-refractivity contribution in [2.24, 2.45) is 5.92 Å². The van der Waals surface area contributed by atoms with Crippen molar-refractivity contribution in [1.29, 1.82) is 10.5 Å². The van der Waals surface area contributed by atoms with Crippen molar-refractivity contribution in [1.82, 2.24) is 9.78 Å². The van der Waals surface area contributed by atoms with Gasteiger partial charge in [-0.1, -0.05) is 0 Å². The molecule has 1 atom stereocenters. The lowest BCUT2D eigenvalue weighted by Crippen LogP contribution is -2.11. The molecule has 0 unspecified atom stereocenters. The van der Waals surface area contributed by atoms with Gasteiger partial charge in [0.1, 0.15) is 0 Å². The lowest BCUT2D eigenvalue weighted by atomic mass is 10.1. The minimum atomic E-state index is -0.569. The Kier molecular flexibility index (Phi) is 4.18. The largest absolute Gasteiger partial charge is 0.390 e. The van der Waals surface area contributed by atoms with Crippen LogP contribution in [-0.4, -0.2) is 14.7 Å². The van der Waals surface area contributed by atoms with E-state index in [4.69, 9.17) is 10.5 Å². The van der Waals surface area contributed by atoms with Gasteiger partial charge in [0.2, 0.25) is 0 Å². The summed E-state index contributed by atoms with van der Waals surface area (Å²) < 4.78 is 1.43. The number of nitrogens with zero attached hydrogens (tertiary/aromatic N) is 5. The van der Waals surface area contributed by atoms with E-state index in [0.717, 1.165) is 0 Å². The predicted octanol–water partition coefficient (Wildman–Crippen LogP) is 1.54. The van der Waals surface area contributed by atoms with Crippen LogP contribution in [0, 0.1) is 45.6 Å². The summed E-state index contributed by atoms with van der Waals surface area (Å²) >= 11 is 0. The van der Waals surface area contributed by atoms with E-state index >= 15 is 0 Å². The van der Waals surface area contributed by atoms with Crippen LogP contribution in [-0.2, 0) is 6.54 Å². The highest BCUT2D eigenvalue weighted by Crippen LogP contribution is 2.14. The highest BCUT2D eigenvalue weighted by molar-refractivity contribution is 5.21. The van der Waals surface area contributed by atoms with E-state index in [0.29, 0.717) is 18.5 Å². The molecule has 0 aliphatic rings. The molecule has 0 spiro atoms. The first-order valence-corrected chi connectivity index (χ1v) is 5.04. The smallest absolute Gasteiger partial charge is 0.358 e. The van der Waals surface area contributed by atoms with E-state index < -0.39 is 4.92 Å². The minimum Gasteiger partial charge on any atom is -0.358 e. The van der Waals surface area contributed by atoms with E-state index in [1.54, 1.807) is 6.92 Å². The first kappa shape index (κ1) is 12.7. The number of nitriles is 2. The van der Waals surface area contributed by atoms with Crippen molar-refractivity contribution in [3.63, 3.8) is 0 Å². The Labute approximate surface area is 98.0 Å². The fraction of sp³-hybridized carbons (Fsp3) is 0.500. The lowest BCUT2D eigenvalue weighted by molar-refractivity contribution is -0.389. The second kappa shape index (κ2) is 5.61. The molecule has 7 nitrogen and oxygen atoms in total. The molecule has 1 aromatic rings. The molecule has 0 aromatic carbocycles. The van der Waals surface area contributed by atoms with Crippen LogP contribution in [0.25, 0.3) is 0 Å². The maximum Gasteiger partial charge on any atom is 0.390 e. The molecule has 1 rings (SSSR count). The normalized spacial score (nSPS) is 11.5. The molecule has 1 aromatic heterocycles. The first-order valence-electron chi connectivity index (χ1n) is 5.04. The first-order chi connectivity index (χ1) is 8.08. The molecule has 0 radical (unpaired) electrons. The third kappa shape index (κ3) is 3.28. The van der Waals surface area contributed by atoms with Gasteiger partial charge in [0, 0.05) is 6.42 Å². The highest BCUT2D eigenvalue weighted by Gasteiger charge is 2.18. The Morgan fingerprint density at radius 3 is 2.82 bits per heavy atom. The van der Waals surface area contributed by atoms with E-state index in [-0.39, 0.29) is 18.3 Å². The maximum absolute atomic E-state index is 10.5. The number of nitro groups is 1. The summed E-state index contributed by atoms with van der Waals surface area (Å²) in [6.07, 6.45) is 0.737. The highest BCUT2D eigenvalue weighted by atomic mass is 16.6. The third-order valence-corrected chi connectivity index (χ3v) is 2.34. The van der Waals surface area contributed by atoms with Gasteiger partial charge in [-0.05, 0) is 18.3 Å². The van der Waals surface area contributed by atoms with E-state index in [2.05, 4.69) is 11.2 Å². The molecule has 0 amide bonds. The summed E-state index contributed by atoms with van der Waals surface area (Å²) in [7, 11) is 0. The molecule has 0 fully saturated rings. The Bertz CT molecular complexity index is 494. The molecule has 0 N–H and O–H groups in total. The summed E-state index contributed by atoms with van der Waals surface area (Å²) in [5.41, 5.74) is 0.633. The molecule has 1 heterocycles. The van der Waals surface area contributed by atoms with Gasteiger partial charge < -0.3 is 10.1 Å². The molecule has 0 bridgehead atoms. The van der Waals surface area contributed by atoms with Crippen LogP contribution in [0.5, 0.6) is 0 Å². The van der Waals surface area contributed by atoms with Crippen LogP contribution in [0.1, 0.15) is 18.5 Å². The van der Waals surface area contributed by atoms with E-state index in [9.17, 15) is 10.1 Å². The molecular weight excluding hydrogens is 222 g/mol. The third-order valence-electron chi connectivity index (χ3n) is 2.34. The van der Waals surface area contributed by atoms with Crippen LogP contribution in [0.15, 0.2) is 6.07 Å². The number of aryl methyl sites for hydroxylation is 1. The summed E-state index contributed by atoms with van der Waals surface area (Å²) in [6, 6.07) is 5.40. The fourth-order valence-electron chi connectivity index (χ4n) is 1.41.